The van der Waals surface area contributed by atoms with Crippen LogP contribution in [0.2, 0.25) is 5.02 Å². The van der Waals surface area contributed by atoms with Gasteiger partial charge in [-0.05, 0) is 49.1 Å². The Morgan fingerprint density at radius 2 is 1.74 bits per heavy atom. The van der Waals surface area contributed by atoms with Gasteiger partial charge < -0.3 is 5.32 Å². The number of piperidine rings is 1. The predicted molar refractivity (Wildman–Crippen MR) is 139 cm³/mol. The Kier molecular flexibility index (Phi) is 6.61. The van der Waals surface area contributed by atoms with Crippen LogP contribution in [-0.2, 0) is 6.54 Å². The molecule has 5 heteroatoms. The number of aromatic nitrogens is 1. The second-order valence-corrected chi connectivity index (χ2v) is 9.43. The summed E-state index contributed by atoms with van der Waals surface area (Å²) < 4.78 is 0. The zero-order valence-electron chi connectivity index (χ0n) is 19.3. The number of carbonyl (C=O) groups excluding carboxylic acids is 1. The van der Waals surface area contributed by atoms with Crippen molar-refractivity contribution in [3.63, 3.8) is 0 Å². The first-order valence-electron chi connectivity index (χ1n) is 11.8. The number of para-hydroxylation sites is 1. The second kappa shape index (κ2) is 9.96. The minimum atomic E-state index is -0.0270. The van der Waals surface area contributed by atoms with E-state index in [2.05, 4.69) is 34.5 Å². The summed E-state index contributed by atoms with van der Waals surface area (Å²) in [5, 5.41) is 4.86. The van der Waals surface area contributed by atoms with Crippen LogP contribution in [0.5, 0.6) is 0 Å². The van der Waals surface area contributed by atoms with E-state index in [1.165, 1.54) is 5.56 Å². The monoisotopic (exact) mass is 469 g/mol. The molecular formula is C29H28ClN3O. The largest absolute Gasteiger partial charge is 0.349 e. The molecule has 0 bridgehead atoms. The van der Waals surface area contributed by atoms with E-state index < -0.39 is 0 Å². The van der Waals surface area contributed by atoms with E-state index in [4.69, 9.17) is 16.6 Å². The topological polar surface area (TPSA) is 45.2 Å². The van der Waals surface area contributed by atoms with Gasteiger partial charge in [-0.2, -0.15) is 0 Å². The number of hydrogen-bond donors (Lipinski definition) is 1. The third-order valence-corrected chi connectivity index (χ3v) is 6.87. The average molecular weight is 470 g/mol. The van der Waals surface area contributed by atoms with E-state index in [1.807, 2.05) is 61.5 Å². The fraction of sp³-hybridized carbons (Fsp3) is 0.241. The first kappa shape index (κ1) is 22.6. The van der Waals surface area contributed by atoms with Gasteiger partial charge in [-0.15, -0.1) is 0 Å². The van der Waals surface area contributed by atoms with Crippen LogP contribution in [0.15, 0.2) is 78.9 Å². The number of likely N-dealkylation sites (tertiary alicyclic amines) is 1. The lowest BCUT2D eigenvalue weighted by molar-refractivity contribution is 0.0910. The predicted octanol–water partition coefficient (Wildman–Crippen LogP) is 6.26. The SMILES string of the molecule is Cc1c(-c2cccc(Cl)c2)nc2ccccc2c1C(=O)NC1CCN(Cc2ccccc2)CC1. The van der Waals surface area contributed by atoms with Gasteiger partial charge in [0.25, 0.3) is 5.91 Å². The molecule has 1 saturated heterocycles. The van der Waals surface area contributed by atoms with Gasteiger partial charge in [-0.25, -0.2) is 4.98 Å². The first-order chi connectivity index (χ1) is 16.6. The zero-order chi connectivity index (χ0) is 23.5. The van der Waals surface area contributed by atoms with Gasteiger partial charge in [-0.1, -0.05) is 72.3 Å². The molecule has 172 valence electrons. The highest BCUT2D eigenvalue weighted by Crippen LogP contribution is 2.31. The molecule has 4 nitrogen and oxygen atoms in total. The number of halogens is 1. The van der Waals surface area contributed by atoms with Crippen LogP contribution in [0.4, 0.5) is 0 Å². The van der Waals surface area contributed by atoms with Crippen molar-refractivity contribution in [2.45, 2.75) is 32.4 Å². The van der Waals surface area contributed by atoms with Crippen molar-refractivity contribution >= 4 is 28.4 Å². The summed E-state index contributed by atoms with van der Waals surface area (Å²) >= 11 is 6.25. The maximum absolute atomic E-state index is 13.6. The molecule has 1 amide bonds. The summed E-state index contributed by atoms with van der Waals surface area (Å²) in [6.07, 6.45) is 1.89. The Bertz CT molecular complexity index is 1310. The molecule has 0 saturated carbocycles. The van der Waals surface area contributed by atoms with Gasteiger partial charge in [0.1, 0.15) is 0 Å². The molecule has 1 fully saturated rings. The number of benzene rings is 3. The molecule has 1 aromatic heterocycles. The van der Waals surface area contributed by atoms with Crippen molar-refractivity contribution < 1.29 is 4.79 Å². The van der Waals surface area contributed by atoms with Crippen LogP contribution in [0, 0.1) is 6.92 Å². The Hall–Kier alpha value is -3.21. The Morgan fingerprint density at radius 1 is 1.00 bits per heavy atom. The minimum absolute atomic E-state index is 0.0270. The molecule has 2 heterocycles. The normalized spacial score (nSPS) is 14.9. The standard InChI is InChI=1S/C29H28ClN3O/c1-20-27(25-12-5-6-13-26(25)32-28(20)22-10-7-11-23(30)18-22)29(34)31-24-14-16-33(17-15-24)19-21-8-3-2-4-9-21/h2-13,18,24H,14-17,19H2,1H3,(H,31,34). The summed E-state index contributed by atoms with van der Waals surface area (Å²) in [5.41, 5.74) is 5.43. The van der Waals surface area contributed by atoms with E-state index in [0.717, 1.165) is 60.2 Å². The lowest BCUT2D eigenvalue weighted by Crippen LogP contribution is -2.44. The molecule has 1 N–H and O–H groups in total. The van der Waals surface area contributed by atoms with E-state index in [0.29, 0.717) is 10.6 Å². The highest BCUT2D eigenvalue weighted by atomic mass is 35.5. The molecular weight excluding hydrogens is 442 g/mol. The molecule has 1 aliphatic heterocycles. The molecule has 1 aliphatic rings. The molecule has 0 spiro atoms. The highest BCUT2D eigenvalue weighted by molar-refractivity contribution is 6.30. The van der Waals surface area contributed by atoms with E-state index in [-0.39, 0.29) is 11.9 Å². The third-order valence-electron chi connectivity index (χ3n) is 6.63. The van der Waals surface area contributed by atoms with Gasteiger partial charge in [0, 0.05) is 41.6 Å². The van der Waals surface area contributed by atoms with Gasteiger partial charge in [0.05, 0.1) is 16.8 Å². The van der Waals surface area contributed by atoms with E-state index >= 15 is 0 Å². The summed E-state index contributed by atoms with van der Waals surface area (Å²) in [6, 6.07) is 26.2. The van der Waals surface area contributed by atoms with Gasteiger partial charge in [-0.3, -0.25) is 9.69 Å². The molecule has 0 unspecified atom stereocenters. The van der Waals surface area contributed by atoms with Crippen molar-refractivity contribution in [1.29, 1.82) is 0 Å². The number of nitrogens with zero attached hydrogens (tertiary/aromatic N) is 2. The average Bonchev–Trinajstić information content (AvgIpc) is 2.85. The summed E-state index contributed by atoms with van der Waals surface area (Å²) in [6.45, 7) is 4.89. The number of amides is 1. The number of rotatable bonds is 5. The van der Waals surface area contributed by atoms with Gasteiger partial charge in [0.15, 0.2) is 0 Å². The van der Waals surface area contributed by atoms with Crippen LogP contribution in [0.25, 0.3) is 22.2 Å². The van der Waals surface area contributed by atoms with Gasteiger partial charge >= 0.3 is 0 Å². The Balaban J connectivity index is 1.36. The Labute approximate surface area is 205 Å². The number of fused-ring (bicyclic) bond motifs is 1. The molecule has 4 aromatic rings. The van der Waals surface area contributed by atoms with E-state index in [9.17, 15) is 4.79 Å². The lowest BCUT2D eigenvalue weighted by Gasteiger charge is -2.32. The van der Waals surface area contributed by atoms with Crippen molar-refractivity contribution in [2.24, 2.45) is 0 Å². The van der Waals surface area contributed by atoms with Crippen LogP contribution in [0.3, 0.4) is 0 Å². The molecule has 5 rings (SSSR count). The molecule has 0 aliphatic carbocycles. The highest BCUT2D eigenvalue weighted by Gasteiger charge is 2.24. The maximum Gasteiger partial charge on any atom is 0.252 e. The lowest BCUT2D eigenvalue weighted by atomic mass is 9.96. The third kappa shape index (κ3) is 4.84. The van der Waals surface area contributed by atoms with Gasteiger partial charge in [0.2, 0.25) is 0 Å². The Morgan fingerprint density at radius 3 is 2.50 bits per heavy atom. The quantitative estimate of drug-likeness (QED) is 0.375. The van der Waals surface area contributed by atoms with Crippen LogP contribution < -0.4 is 5.32 Å². The zero-order valence-corrected chi connectivity index (χ0v) is 20.1. The van der Waals surface area contributed by atoms with Crippen LogP contribution >= 0.6 is 11.6 Å². The molecule has 34 heavy (non-hydrogen) atoms. The number of pyridine rings is 1. The second-order valence-electron chi connectivity index (χ2n) is 9.00. The number of hydrogen-bond acceptors (Lipinski definition) is 3. The summed E-state index contributed by atoms with van der Waals surface area (Å²) in [7, 11) is 0. The fourth-order valence-electron chi connectivity index (χ4n) is 4.85. The molecule has 3 aromatic carbocycles. The number of nitrogens with one attached hydrogen (secondary N) is 1. The fourth-order valence-corrected chi connectivity index (χ4v) is 5.04. The molecule has 0 atom stereocenters. The smallest absolute Gasteiger partial charge is 0.252 e. The van der Waals surface area contributed by atoms with Crippen molar-refractivity contribution in [3.05, 3.63) is 101 Å². The number of carbonyl (C=O) groups is 1. The van der Waals surface area contributed by atoms with Crippen LogP contribution in [-0.4, -0.2) is 34.9 Å². The molecule has 0 radical (unpaired) electrons. The first-order valence-corrected chi connectivity index (χ1v) is 12.2. The van der Waals surface area contributed by atoms with Crippen molar-refractivity contribution in [3.8, 4) is 11.3 Å². The minimum Gasteiger partial charge on any atom is -0.349 e. The summed E-state index contributed by atoms with van der Waals surface area (Å²) in [5.74, 6) is -0.0270. The summed E-state index contributed by atoms with van der Waals surface area (Å²) in [4.78, 5) is 20.9. The van der Waals surface area contributed by atoms with Crippen molar-refractivity contribution in [1.82, 2.24) is 15.2 Å². The van der Waals surface area contributed by atoms with E-state index in [1.54, 1.807) is 0 Å². The van der Waals surface area contributed by atoms with Crippen molar-refractivity contribution in [2.75, 3.05) is 13.1 Å². The maximum atomic E-state index is 13.6. The van der Waals surface area contributed by atoms with Crippen LogP contribution in [0.1, 0.15) is 34.3 Å².